The molecule has 3 aromatic rings. The SMILES string of the molecule is COc1cccc(C(=O)NNC(=O)c2cccn(Cc3ccc(F)cc3)c2=O)c1OC. The van der Waals surface area contributed by atoms with Crippen molar-refractivity contribution in [1.82, 2.24) is 15.4 Å². The van der Waals surface area contributed by atoms with Crippen molar-refractivity contribution in [2.75, 3.05) is 14.2 Å². The van der Waals surface area contributed by atoms with Crippen molar-refractivity contribution in [2.24, 2.45) is 0 Å². The number of methoxy groups -OCH3 is 2. The number of amides is 2. The van der Waals surface area contributed by atoms with Gasteiger partial charge in [-0.1, -0.05) is 18.2 Å². The first-order valence-corrected chi connectivity index (χ1v) is 9.20. The molecule has 0 radical (unpaired) electrons. The molecular weight excluding hydrogens is 405 g/mol. The van der Waals surface area contributed by atoms with Crippen LogP contribution in [0.1, 0.15) is 26.3 Å². The van der Waals surface area contributed by atoms with E-state index in [1.165, 1.54) is 55.3 Å². The number of nitrogens with zero attached hydrogens (tertiary/aromatic N) is 1. The van der Waals surface area contributed by atoms with E-state index in [0.29, 0.717) is 11.3 Å². The summed E-state index contributed by atoms with van der Waals surface area (Å²) in [6.07, 6.45) is 1.52. The molecule has 2 aromatic carbocycles. The van der Waals surface area contributed by atoms with Crippen LogP contribution in [0, 0.1) is 5.82 Å². The van der Waals surface area contributed by atoms with Gasteiger partial charge in [-0.2, -0.15) is 0 Å². The summed E-state index contributed by atoms with van der Waals surface area (Å²) in [6, 6.07) is 13.3. The quantitative estimate of drug-likeness (QED) is 0.590. The lowest BCUT2D eigenvalue weighted by atomic mass is 10.1. The summed E-state index contributed by atoms with van der Waals surface area (Å²) in [4.78, 5) is 37.6. The molecule has 160 valence electrons. The van der Waals surface area contributed by atoms with Crippen molar-refractivity contribution >= 4 is 11.8 Å². The molecule has 0 fully saturated rings. The average Bonchev–Trinajstić information content (AvgIpc) is 2.79. The Hall–Kier alpha value is -4.14. The molecule has 1 heterocycles. The van der Waals surface area contributed by atoms with Gasteiger partial charge in [0, 0.05) is 6.20 Å². The molecular formula is C22H20FN3O5. The summed E-state index contributed by atoms with van der Waals surface area (Å²) in [5.41, 5.74) is 4.60. The maximum absolute atomic E-state index is 13.1. The van der Waals surface area contributed by atoms with Gasteiger partial charge in [-0.15, -0.1) is 0 Å². The number of halogens is 1. The highest BCUT2D eigenvalue weighted by Gasteiger charge is 2.18. The number of hydrazine groups is 1. The Morgan fingerprint density at radius 2 is 1.55 bits per heavy atom. The number of benzene rings is 2. The van der Waals surface area contributed by atoms with Gasteiger partial charge in [0.1, 0.15) is 11.4 Å². The Bertz CT molecular complexity index is 1160. The minimum absolute atomic E-state index is 0.143. The highest BCUT2D eigenvalue weighted by atomic mass is 19.1. The number of aromatic nitrogens is 1. The molecule has 0 saturated heterocycles. The second kappa shape index (κ2) is 9.57. The summed E-state index contributed by atoms with van der Waals surface area (Å²) in [6.45, 7) is 0.160. The van der Waals surface area contributed by atoms with Crippen LogP contribution in [0.2, 0.25) is 0 Å². The van der Waals surface area contributed by atoms with Gasteiger partial charge in [0.15, 0.2) is 11.5 Å². The average molecular weight is 425 g/mol. The zero-order valence-electron chi connectivity index (χ0n) is 16.8. The summed E-state index contributed by atoms with van der Waals surface area (Å²) in [5, 5.41) is 0. The first-order valence-electron chi connectivity index (χ1n) is 9.20. The maximum atomic E-state index is 13.1. The fraction of sp³-hybridized carbons (Fsp3) is 0.136. The van der Waals surface area contributed by atoms with Gasteiger partial charge in [0.05, 0.1) is 26.3 Å². The normalized spacial score (nSPS) is 10.3. The molecule has 2 amide bonds. The summed E-state index contributed by atoms with van der Waals surface area (Å²) in [7, 11) is 2.83. The highest BCUT2D eigenvalue weighted by molar-refractivity contribution is 6.00. The molecule has 31 heavy (non-hydrogen) atoms. The largest absolute Gasteiger partial charge is 0.493 e. The molecule has 0 spiro atoms. The molecule has 1 aromatic heterocycles. The molecule has 9 heteroatoms. The van der Waals surface area contributed by atoms with E-state index in [0.717, 1.165) is 0 Å². The lowest BCUT2D eigenvalue weighted by molar-refractivity contribution is 0.0843. The number of para-hydroxylation sites is 1. The Morgan fingerprint density at radius 1 is 0.903 bits per heavy atom. The van der Waals surface area contributed by atoms with Crippen LogP contribution in [0.5, 0.6) is 11.5 Å². The van der Waals surface area contributed by atoms with Gasteiger partial charge >= 0.3 is 0 Å². The van der Waals surface area contributed by atoms with Gasteiger partial charge in [-0.05, 0) is 42.0 Å². The topological polar surface area (TPSA) is 98.7 Å². The predicted molar refractivity (Wildman–Crippen MR) is 111 cm³/mol. The number of rotatable bonds is 6. The van der Waals surface area contributed by atoms with Gasteiger partial charge in [0.25, 0.3) is 17.4 Å². The molecule has 2 N–H and O–H groups in total. The van der Waals surface area contributed by atoms with Crippen LogP contribution in [-0.2, 0) is 6.54 Å². The minimum Gasteiger partial charge on any atom is -0.493 e. The van der Waals surface area contributed by atoms with Gasteiger partial charge < -0.3 is 14.0 Å². The van der Waals surface area contributed by atoms with Crippen LogP contribution >= 0.6 is 0 Å². The third-order valence-corrected chi connectivity index (χ3v) is 4.47. The number of pyridine rings is 1. The van der Waals surface area contributed by atoms with E-state index in [2.05, 4.69) is 10.9 Å². The number of hydrogen-bond acceptors (Lipinski definition) is 5. The van der Waals surface area contributed by atoms with Crippen LogP contribution < -0.4 is 25.9 Å². The first-order chi connectivity index (χ1) is 14.9. The third kappa shape index (κ3) is 4.89. The molecule has 0 saturated carbocycles. The van der Waals surface area contributed by atoms with E-state index in [1.54, 1.807) is 24.3 Å². The number of carbonyl (C=O) groups is 2. The van der Waals surface area contributed by atoms with Gasteiger partial charge in [-0.25, -0.2) is 4.39 Å². The fourth-order valence-corrected chi connectivity index (χ4v) is 2.93. The number of nitrogens with one attached hydrogen (secondary N) is 2. The van der Waals surface area contributed by atoms with Crippen LogP contribution in [0.15, 0.2) is 65.6 Å². The zero-order valence-corrected chi connectivity index (χ0v) is 16.8. The summed E-state index contributed by atoms with van der Waals surface area (Å²) >= 11 is 0. The minimum atomic E-state index is -0.784. The van der Waals surface area contributed by atoms with Crippen molar-refractivity contribution in [1.29, 1.82) is 0 Å². The van der Waals surface area contributed by atoms with E-state index in [4.69, 9.17) is 9.47 Å². The predicted octanol–water partition coefficient (Wildman–Crippen LogP) is 2.13. The first kappa shape index (κ1) is 21.6. The van der Waals surface area contributed by atoms with Crippen LogP contribution in [0.3, 0.4) is 0 Å². The van der Waals surface area contributed by atoms with Crippen molar-refractivity contribution in [3.63, 3.8) is 0 Å². The maximum Gasteiger partial charge on any atom is 0.275 e. The van der Waals surface area contributed by atoms with Crippen molar-refractivity contribution < 1.29 is 23.5 Å². The Kier molecular flexibility index (Phi) is 6.66. The number of hydrogen-bond donors (Lipinski definition) is 2. The molecule has 0 aliphatic heterocycles. The lowest BCUT2D eigenvalue weighted by Crippen LogP contribution is -2.44. The van der Waals surface area contributed by atoms with E-state index < -0.39 is 17.4 Å². The Morgan fingerprint density at radius 3 is 2.19 bits per heavy atom. The van der Waals surface area contributed by atoms with E-state index in [9.17, 15) is 18.8 Å². The molecule has 0 atom stereocenters. The fourth-order valence-electron chi connectivity index (χ4n) is 2.93. The standard InChI is InChI=1S/C22H20FN3O5/c1-30-18-7-3-5-16(19(18)31-2)20(27)24-25-21(28)17-6-4-12-26(22(17)29)13-14-8-10-15(23)11-9-14/h3-12H,13H2,1-2H3,(H,24,27)(H,25,28). The number of carbonyl (C=O) groups excluding carboxylic acids is 2. The smallest absolute Gasteiger partial charge is 0.275 e. The summed E-state index contributed by atoms with van der Waals surface area (Å²) < 4.78 is 24.7. The Balaban J connectivity index is 1.73. The third-order valence-electron chi connectivity index (χ3n) is 4.47. The monoisotopic (exact) mass is 425 g/mol. The van der Waals surface area contributed by atoms with Crippen LogP contribution in [-0.4, -0.2) is 30.6 Å². The van der Waals surface area contributed by atoms with Crippen LogP contribution in [0.4, 0.5) is 4.39 Å². The molecule has 0 aliphatic rings. The number of ether oxygens (including phenoxy) is 2. The molecule has 0 unspecified atom stereocenters. The molecule has 0 bridgehead atoms. The van der Waals surface area contributed by atoms with Crippen LogP contribution in [0.25, 0.3) is 0 Å². The Labute approximate surface area is 177 Å². The zero-order chi connectivity index (χ0) is 22.4. The summed E-state index contributed by atoms with van der Waals surface area (Å²) in [5.74, 6) is -1.25. The van der Waals surface area contributed by atoms with Crippen molar-refractivity contribution in [3.05, 3.63) is 93.7 Å². The van der Waals surface area contributed by atoms with Gasteiger partial charge in [0.2, 0.25) is 0 Å². The molecule has 0 aliphatic carbocycles. The van der Waals surface area contributed by atoms with E-state index in [1.807, 2.05) is 0 Å². The van der Waals surface area contributed by atoms with Crippen molar-refractivity contribution in [2.45, 2.75) is 6.54 Å². The van der Waals surface area contributed by atoms with Gasteiger partial charge in [-0.3, -0.25) is 25.2 Å². The second-order valence-corrected chi connectivity index (χ2v) is 6.43. The van der Waals surface area contributed by atoms with Crippen molar-refractivity contribution in [3.8, 4) is 11.5 Å². The van der Waals surface area contributed by atoms with E-state index in [-0.39, 0.29) is 29.2 Å². The lowest BCUT2D eigenvalue weighted by Gasteiger charge is -2.13. The second-order valence-electron chi connectivity index (χ2n) is 6.43. The molecule has 3 rings (SSSR count). The molecule has 8 nitrogen and oxygen atoms in total. The highest BCUT2D eigenvalue weighted by Crippen LogP contribution is 2.30. The van der Waals surface area contributed by atoms with E-state index >= 15 is 0 Å².